The standard InChI is InChI=1S/C23H27N3O4S/c1-17-6-5-13-25(15-17)31(29,30)21-11-9-19(10-12-21)24-23(28)18-14-22(27)26(16-18)20-7-3-2-4-8-20/h2-4,7-12,17-18H,5-6,13-16H2,1H3,(H,24,28)/t17-,18-/m1/s1. The molecule has 0 aliphatic carbocycles. The zero-order valence-corrected chi connectivity index (χ0v) is 18.3. The molecule has 2 fully saturated rings. The zero-order chi connectivity index (χ0) is 22.0. The molecule has 0 unspecified atom stereocenters. The lowest BCUT2D eigenvalue weighted by molar-refractivity contribution is -0.122. The van der Waals surface area contributed by atoms with Gasteiger partial charge in [-0.3, -0.25) is 9.59 Å². The summed E-state index contributed by atoms with van der Waals surface area (Å²) < 4.78 is 27.3. The van der Waals surface area contributed by atoms with Gasteiger partial charge < -0.3 is 10.2 Å². The van der Waals surface area contributed by atoms with Crippen LogP contribution in [0.1, 0.15) is 26.2 Å². The largest absolute Gasteiger partial charge is 0.326 e. The number of benzene rings is 2. The van der Waals surface area contributed by atoms with E-state index in [1.165, 1.54) is 16.4 Å². The lowest BCUT2D eigenvalue weighted by Crippen LogP contribution is -2.39. The lowest BCUT2D eigenvalue weighted by atomic mass is 10.0. The highest BCUT2D eigenvalue weighted by Gasteiger charge is 2.35. The number of hydrogen-bond acceptors (Lipinski definition) is 4. The van der Waals surface area contributed by atoms with E-state index in [0.717, 1.165) is 18.5 Å². The summed E-state index contributed by atoms with van der Waals surface area (Å²) in [5, 5.41) is 2.82. The quantitative estimate of drug-likeness (QED) is 0.773. The molecule has 0 bridgehead atoms. The van der Waals surface area contributed by atoms with Crippen molar-refractivity contribution in [2.24, 2.45) is 11.8 Å². The van der Waals surface area contributed by atoms with Crippen molar-refractivity contribution in [1.29, 1.82) is 0 Å². The molecule has 164 valence electrons. The minimum Gasteiger partial charge on any atom is -0.326 e. The smallest absolute Gasteiger partial charge is 0.243 e. The molecule has 7 nitrogen and oxygen atoms in total. The van der Waals surface area contributed by atoms with E-state index in [1.54, 1.807) is 17.0 Å². The van der Waals surface area contributed by atoms with Gasteiger partial charge >= 0.3 is 0 Å². The third kappa shape index (κ3) is 4.65. The van der Waals surface area contributed by atoms with Gasteiger partial charge in [0.15, 0.2) is 0 Å². The van der Waals surface area contributed by atoms with Crippen LogP contribution in [0.4, 0.5) is 11.4 Å². The first kappa shape index (κ1) is 21.5. The number of carbonyl (C=O) groups is 2. The van der Waals surface area contributed by atoms with E-state index in [-0.39, 0.29) is 23.1 Å². The van der Waals surface area contributed by atoms with Gasteiger partial charge in [0.1, 0.15) is 0 Å². The molecule has 0 aromatic heterocycles. The fourth-order valence-corrected chi connectivity index (χ4v) is 5.81. The molecule has 8 heteroatoms. The molecule has 0 spiro atoms. The number of hydrogen-bond donors (Lipinski definition) is 1. The number of rotatable bonds is 5. The van der Waals surface area contributed by atoms with E-state index in [1.807, 2.05) is 30.3 Å². The van der Waals surface area contributed by atoms with Crippen LogP contribution in [0.15, 0.2) is 59.5 Å². The number of sulfonamides is 1. The van der Waals surface area contributed by atoms with Gasteiger partial charge in [0.2, 0.25) is 21.8 Å². The molecule has 2 amide bonds. The highest BCUT2D eigenvalue weighted by atomic mass is 32.2. The molecule has 31 heavy (non-hydrogen) atoms. The number of carbonyl (C=O) groups excluding carboxylic acids is 2. The van der Waals surface area contributed by atoms with Crippen LogP contribution in [0.25, 0.3) is 0 Å². The van der Waals surface area contributed by atoms with Gasteiger partial charge in [-0.25, -0.2) is 8.42 Å². The maximum atomic E-state index is 12.9. The number of piperidine rings is 1. The molecular formula is C23H27N3O4S. The van der Waals surface area contributed by atoms with Gasteiger partial charge in [-0.05, 0) is 55.2 Å². The van der Waals surface area contributed by atoms with Gasteiger partial charge in [0, 0.05) is 37.4 Å². The number of para-hydroxylation sites is 1. The molecule has 1 N–H and O–H groups in total. The van der Waals surface area contributed by atoms with Crippen LogP contribution in [0, 0.1) is 11.8 Å². The minimum atomic E-state index is -3.53. The number of nitrogens with one attached hydrogen (secondary N) is 1. The average Bonchev–Trinajstić information content (AvgIpc) is 3.16. The SMILES string of the molecule is C[C@@H]1CCCN(S(=O)(=O)c2ccc(NC(=O)[C@@H]3CC(=O)N(c4ccccc4)C3)cc2)C1. The molecule has 2 heterocycles. The third-order valence-electron chi connectivity index (χ3n) is 5.94. The monoisotopic (exact) mass is 441 g/mol. The van der Waals surface area contributed by atoms with Crippen molar-refractivity contribution in [2.75, 3.05) is 29.9 Å². The van der Waals surface area contributed by atoms with Crippen molar-refractivity contribution in [3.8, 4) is 0 Å². The van der Waals surface area contributed by atoms with Crippen molar-refractivity contribution in [3.63, 3.8) is 0 Å². The van der Waals surface area contributed by atoms with Crippen molar-refractivity contribution >= 4 is 33.2 Å². The molecule has 0 saturated carbocycles. The second-order valence-electron chi connectivity index (χ2n) is 8.37. The third-order valence-corrected chi connectivity index (χ3v) is 7.82. The molecule has 2 atom stereocenters. The van der Waals surface area contributed by atoms with Crippen LogP contribution in [0.3, 0.4) is 0 Å². The number of amides is 2. The Morgan fingerprint density at radius 2 is 1.74 bits per heavy atom. The Bertz CT molecular complexity index is 1050. The molecule has 2 aromatic carbocycles. The maximum absolute atomic E-state index is 12.9. The van der Waals surface area contributed by atoms with E-state index in [0.29, 0.717) is 31.2 Å². The Morgan fingerprint density at radius 3 is 2.42 bits per heavy atom. The van der Waals surface area contributed by atoms with Crippen LogP contribution in [0.5, 0.6) is 0 Å². The van der Waals surface area contributed by atoms with E-state index >= 15 is 0 Å². The van der Waals surface area contributed by atoms with Gasteiger partial charge in [-0.15, -0.1) is 0 Å². The van der Waals surface area contributed by atoms with Crippen LogP contribution >= 0.6 is 0 Å². The number of nitrogens with zero attached hydrogens (tertiary/aromatic N) is 2. The van der Waals surface area contributed by atoms with Crippen molar-refractivity contribution < 1.29 is 18.0 Å². The fourth-order valence-electron chi connectivity index (χ4n) is 4.21. The van der Waals surface area contributed by atoms with E-state index in [9.17, 15) is 18.0 Å². The molecule has 2 aromatic rings. The van der Waals surface area contributed by atoms with E-state index in [4.69, 9.17) is 0 Å². The summed E-state index contributed by atoms with van der Waals surface area (Å²) in [5.41, 5.74) is 1.30. The summed E-state index contributed by atoms with van der Waals surface area (Å²) in [6.45, 7) is 3.47. The molecule has 4 rings (SSSR count). The first-order chi connectivity index (χ1) is 14.8. The van der Waals surface area contributed by atoms with Gasteiger partial charge in [0.25, 0.3) is 0 Å². The molecule has 2 aliphatic rings. The maximum Gasteiger partial charge on any atom is 0.243 e. The normalized spacial score (nSPS) is 22.5. The Balaban J connectivity index is 1.40. The zero-order valence-electron chi connectivity index (χ0n) is 17.5. The lowest BCUT2D eigenvalue weighted by Gasteiger charge is -2.30. The van der Waals surface area contributed by atoms with E-state index < -0.39 is 15.9 Å². The summed E-state index contributed by atoms with van der Waals surface area (Å²) in [7, 11) is -3.53. The molecule has 2 aliphatic heterocycles. The summed E-state index contributed by atoms with van der Waals surface area (Å²) in [6, 6.07) is 15.5. The second-order valence-corrected chi connectivity index (χ2v) is 10.3. The first-order valence-corrected chi connectivity index (χ1v) is 12.0. The summed E-state index contributed by atoms with van der Waals surface area (Å²) in [5.74, 6) is -0.423. The highest BCUT2D eigenvalue weighted by Crippen LogP contribution is 2.27. The predicted octanol–water partition coefficient (Wildman–Crippen LogP) is 3.10. The van der Waals surface area contributed by atoms with Gasteiger partial charge in [-0.1, -0.05) is 25.1 Å². The summed E-state index contributed by atoms with van der Waals surface area (Å²) >= 11 is 0. The highest BCUT2D eigenvalue weighted by molar-refractivity contribution is 7.89. The number of anilines is 2. The average molecular weight is 442 g/mol. The van der Waals surface area contributed by atoms with E-state index in [2.05, 4.69) is 12.2 Å². The fraction of sp³-hybridized carbons (Fsp3) is 0.391. The summed E-state index contributed by atoms with van der Waals surface area (Å²) in [4.78, 5) is 26.9. The van der Waals surface area contributed by atoms with Crippen LogP contribution < -0.4 is 10.2 Å². The van der Waals surface area contributed by atoms with Gasteiger partial charge in [-0.2, -0.15) is 4.31 Å². The topological polar surface area (TPSA) is 86.8 Å². The van der Waals surface area contributed by atoms with Crippen molar-refractivity contribution in [2.45, 2.75) is 31.1 Å². The minimum absolute atomic E-state index is 0.0800. The summed E-state index contributed by atoms with van der Waals surface area (Å²) in [6.07, 6.45) is 2.07. The molecule has 0 radical (unpaired) electrons. The predicted molar refractivity (Wildman–Crippen MR) is 119 cm³/mol. The Kier molecular flexibility index (Phi) is 6.11. The van der Waals surface area contributed by atoms with Gasteiger partial charge in [0.05, 0.1) is 10.8 Å². The Labute approximate surface area is 183 Å². The van der Waals surface area contributed by atoms with Crippen LogP contribution in [-0.2, 0) is 19.6 Å². The molecule has 2 saturated heterocycles. The molecular weight excluding hydrogens is 414 g/mol. The van der Waals surface area contributed by atoms with Crippen molar-refractivity contribution in [1.82, 2.24) is 4.31 Å². The Morgan fingerprint density at radius 1 is 1.03 bits per heavy atom. The van der Waals surface area contributed by atoms with Crippen molar-refractivity contribution in [3.05, 3.63) is 54.6 Å². The first-order valence-electron chi connectivity index (χ1n) is 10.6. The van der Waals surface area contributed by atoms with Crippen LogP contribution in [0.2, 0.25) is 0 Å². The Hall–Kier alpha value is -2.71. The van der Waals surface area contributed by atoms with Crippen LogP contribution in [-0.4, -0.2) is 44.2 Å². The second kappa shape index (κ2) is 8.80.